The van der Waals surface area contributed by atoms with Crippen LogP contribution in [0.4, 0.5) is 13.2 Å². The first kappa shape index (κ1) is 18.6. The van der Waals surface area contributed by atoms with Crippen LogP contribution in [0.5, 0.6) is 11.5 Å². The van der Waals surface area contributed by atoms with Gasteiger partial charge in [-0.1, -0.05) is 0 Å². The Balaban J connectivity index is 1.33. The summed E-state index contributed by atoms with van der Waals surface area (Å²) in [5, 5.41) is 3.62. The Hall–Kier alpha value is -3.37. The summed E-state index contributed by atoms with van der Waals surface area (Å²) in [4.78, 5) is 22.6. The van der Waals surface area contributed by atoms with Gasteiger partial charge in [-0.3, -0.25) is 4.79 Å². The smallest absolute Gasteiger partial charge is 0.433 e. The first-order chi connectivity index (χ1) is 14.4. The van der Waals surface area contributed by atoms with E-state index in [1.54, 1.807) is 23.1 Å². The van der Waals surface area contributed by atoms with Gasteiger partial charge in [0.05, 0.1) is 0 Å². The molecule has 30 heavy (non-hydrogen) atoms. The summed E-state index contributed by atoms with van der Waals surface area (Å²) in [6.07, 6.45) is -2.51. The summed E-state index contributed by atoms with van der Waals surface area (Å²) in [5.74, 6) is 0.692. The number of aromatic nitrogens is 4. The second-order valence-corrected chi connectivity index (χ2v) is 7.17. The van der Waals surface area contributed by atoms with E-state index in [1.165, 1.54) is 0 Å². The second kappa shape index (κ2) is 6.85. The molecule has 0 spiro atoms. The molecule has 2 aliphatic rings. The highest BCUT2D eigenvalue weighted by Crippen LogP contribution is 2.35. The Kier molecular flexibility index (Phi) is 4.26. The molecule has 156 valence electrons. The number of ether oxygens (including phenoxy) is 2. The minimum absolute atomic E-state index is 0.0845. The summed E-state index contributed by atoms with van der Waals surface area (Å²) >= 11 is 0. The Labute approximate surface area is 168 Å². The van der Waals surface area contributed by atoms with Crippen molar-refractivity contribution in [1.82, 2.24) is 24.5 Å². The topological polar surface area (TPSA) is 81.9 Å². The fraction of sp³-hybridized carbons (Fsp3) is 0.368. The van der Waals surface area contributed by atoms with Crippen molar-refractivity contribution in [3.63, 3.8) is 0 Å². The van der Waals surface area contributed by atoms with Gasteiger partial charge in [0.2, 0.25) is 6.79 Å². The number of carbonyl (C=O) groups excluding carboxylic acids is 1. The molecule has 4 heterocycles. The van der Waals surface area contributed by atoms with Gasteiger partial charge in [0.1, 0.15) is 6.33 Å². The summed E-state index contributed by atoms with van der Waals surface area (Å²) in [5.41, 5.74) is -0.100. The number of hydrogen-bond acceptors (Lipinski definition) is 6. The first-order valence-corrected chi connectivity index (χ1v) is 9.37. The van der Waals surface area contributed by atoms with E-state index < -0.39 is 11.9 Å². The molecule has 0 bridgehead atoms. The molecule has 0 unspecified atom stereocenters. The number of fused-ring (bicyclic) bond motifs is 2. The molecular weight excluding hydrogens is 403 g/mol. The highest BCUT2D eigenvalue weighted by atomic mass is 19.4. The van der Waals surface area contributed by atoms with E-state index in [-0.39, 0.29) is 24.4 Å². The third-order valence-electron chi connectivity index (χ3n) is 5.38. The van der Waals surface area contributed by atoms with Crippen LogP contribution >= 0.6 is 0 Å². The molecule has 3 aromatic rings. The predicted molar refractivity (Wildman–Crippen MR) is 96.2 cm³/mol. The molecule has 0 N–H and O–H groups in total. The van der Waals surface area contributed by atoms with Crippen molar-refractivity contribution in [3.8, 4) is 11.5 Å². The largest absolute Gasteiger partial charge is 0.454 e. The normalized spacial score (nSPS) is 17.0. The van der Waals surface area contributed by atoms with Gasteiger partial charge in [-0.25, -0.2) is 4.98 Å². The van der Waals surface area contributed by atoms with E-state index in [2.05, 4.69) is 15.1 Å². The number of piperidine rings is 1. The third kappa shape index (κ3) is 3.19. The van der Waals surface area contributed by atoms with Crippen LogP contribution in [0.2, 0.25) is 0 Å². The van der Waals surface area contributed by atoms with E-state index in [9.17, 15) is 18.0 Å². The lowest BCUT2D eigenvalue weighted by Gasteiger charge is -2.32. The number of alkyl halides is 3. The lowest BCUT2D eigenvalue weighted by atomic mass is 9.92. The summed E-state index contributed by atoms with van der Waals surface area (Å²) in [7, 11) is 0. The van der Waals surface area contributed by atoms with Gasteiger partial charge >= 0.3 is 6.18 Å². The van der Waals surface area contributed by atoms with Crippen LogP contribution in [0.3, 0.4) is 0 Å². The maximum atomic E-state index is 13.4. The SMILES string of the molecule is O=C(c1ccc2c(c1)OCO2)N1CCC(c2cc(C(F)(F)F)n3ncnc3n2)CC1. The van der Waals surface area contributed by atoms with Crippen LogP contribution in [0.25, 0.3) is 5.78 Å². The van der Waals surface area contributed by atoms with Gasteiger partial charge in [0, 0.05) is 30.3 Å². The van der Waals surface area contributed by atoms with Crippen molar-refractivity contribution >= 4 is 11.7 Å². The molecule has 11 heteroatoms. The van der Waals surface area contributed by atoms with Gasteiger partial charge in [-0.2, -0.15) is 27.8 Å². The fourth-order valence-electron chi connectivity index (χ4n) is 3.83. The van der Waals surface area contributed by atoms with Gasteiger partial charge in [0.15, 0.2) is 17.2 Å². The molecule has 0 aliphatic carbocycles. The Bertz CT molecular complexity index is 1120. The first-order valence-electron chi connectivity index (χ1n) is 9.37. The van der Waals surface area contributed by atoms with E-state index >= 15 is 0 Å². The Morgan fingerprint density at radius 1 is 1.10 bits per heavy atom. The van der Waals surface area contributed by atoms with Crippen LogP contribution in [0, 0.1) is 0 Å². The average Bonchev–Trinajstić information content (AvgIpc) is 3.40. The number of halogens is 3. The van der Waals surface area contributed by atoms with Crippen molar-refractivity contribution in [3.05, 3.63) is 47.5 Å². The third-order valence-corrected chi connectivity index (χ3v) is 5.38. The number of amides is 1. The molecule has 1 aromatic carbocycles. The molecule has 1 amide bonds. The average molecular weight is 419 g/mol. The second-order valence-electron chi connectivity index (χ2n) is 7.17. The van der Waals surface area contributed by atoms with Crippen molar-refractivity contribution < 1.29 is 27.4 Å². The minimum atomic E-state index is -4.57. The molecule has 1 fully saturated rings. The summed E-state index contributed by atoms with van der Waals surface area (Å²) < 4.78 is 51.5. The van der Waals surface area contributed by atoms with Gasteiger partial charge in [-0.15, -0.1) is 0 Å². The van der Waals surface area contributed by atoms with Gasteiger partial charge in [-0.05, 0) is 37.1 Å². The number of likely N-dealkylation sites (tertiary alicyclic amines) is 1. The molecule has 8 nitrogen and oxygen atoms in total. The fourth-order valence-corrected chi connectivity index (χ4v) is 3.83. The highest BCUT2D eigenvalue weighted by molar-refractivity contribution is 5.95. The molecular formula is C19H16F3N5O3. The van der Waals surface area contributed by atoms with E-state index in [1.807, 2.05) is 0 Å². The molecule has 0 radical (unpaired) electrons. The number of benzene rings is 1. The number of nitrogens with zero attached hydrogens (tertiary/aromatic N) is 5. The number of carbonyl (C=O) groups is 1. The van der Waals surface area contributed by atoms with Crippen LogP contribution < -0.4 is 9.47 Å². The van der Waals surface area contributed by atoms with Crippen molar-refractivity contribution in [1.29, 1.82) is 0 Å². The van der Waals surface area contributed by atoms with Crippen molar-refractivity contribution in [2.45, 2.75) is 24.9 Å². The quantitative estimate of drug-likeness (QED) is 0.635. The van der Waals surface area contributed by atoms with Crippen LogP contribution in [-0.4, -0.2) is 50.3 Å². The maximum absolute atomic E-state index is 13.4. The highest BCUT2D eigenvalue weighted by Gasteiger charge is 2.36. The molecule has 2 aromatic heterocycles. The van der Waals surface area contributed by atoms with Gasteiger partial charge < -0.3 is 14.4 Å². The zero-order valence-corrected chi connectivity index (χ0v) is 15.6. The van der Waals surface area contributed by atoms with E-state index in [0.29, 0.717) is 53.2 Å². The molecule has 0 saturated carbocycles. The van der Waals surface area contributed by atoms with Crippen molar-refractivity contribution in [2.75, 3.05) is 19.9 Å². The van der Waals surface area contributed by atoms with Gasteiger partial charge in [0.25, 0.3) is 11.7 Å². The Morgan fingerprint density at radius 3 is 2.63 bits per heavy atom. The standard InChI is InChI=1S/C19H16F3N5O3/c20-19(21,22)16-8-13(25-18-23-9-24-27(16)18)11-3-5-26(6-4-11)17(28)12-1-2-14-15(7-12)30-10-29-14/h1-2,7-9,11H,3-6,10H2. The molecule has 0 atom stereocenters. The van der Waals surface area contributed by atoms with E-state index in [0.717, 1.165) is 12.4 Å². The minimum Gasteiger partial charge on any atom is -0.454 e. The zero-order chi connectivity index (χ0) is 20.9. The van der Waals surface area contributed by atoms with Crippen LogP contribution in [0.15, 0.2) is 30.6 Å². The lowest BCUT2D eigenvalue weighted by molar-refractivity contribution is -0.142. The lowest BCUT2D eigenvalue weighted by Crippen LogP contribution is -2.38. The number of hydrogen-bond donors (Lipinski definition) is 0. The van der Waals surface area contributed by atoms with Crippen molar-refractivity contribution in [2.24, 2.45) is 0 Å². The molecule has 1 saturated heterocycles. The monoisotopic (exact) mass is 419 g/mol. The predicted octanol–water partition coefficient (Wildman–Crippen LogP) is 2.89. The zero-order valence-electron chi connectivity index (χ0n) is 15.6. The van der Waals surface area contributed by atoms with E-state index in [4.69, 9.17) is 9.47 Å². The number of rotatable bonds is 2. The van der Waals surface area contributed by atoms with Crippen LogP contribution in [-0.2, 0) is 6.18 Å². The molecule has 5 rings (SSSR count). The Morgan fingerprint density at radius 2 is 1.87 bits per heavy atom. The summed E-state index contributed by atoms with van der Waals surface area (Å²) in [6, 6.07) is 6.05. The van der Waals surface area contributed by atoms with Crippen LogP contribution in [0.1, 0.15) is 40.5 Å². The summed E-state index contributed by atoms with van der Waals surface area (Å²) in [6.45, 7) is 0.958. The maximum Gasteiger partial charge on any atom is 0.433 e. The molecule has 2 aliphatic heterocycles.